The van der Waals surface area contributed by atoms with E-state index in [1.54, 1.807) is 0 Å². The van der Waals surface area contributed by atoms with Gasteiger partial charge in [0.15, 0.2) is 0 Å². The molecule has 1 fully saturated rings. The molecule has 0 aromatic heterocycles. The van der Waals surface area contributed by atoms with Crippen molar-refractivity contribution in [1.29, 1.82) is 0 Å². The standard InChI is InChI=1S/C12H23NO2.C2HF3O2/c1-9(2)12(3,4)8-13-7-5-6-10(13)11(14)15;3-2(4,5)1(6)7/h9-10H,5-8H2,1-4H3,(H,14,15);(H,6,7). The Labute approximate surface area is 128 Å². The summed E-state index contributed by atoms with van der Waals surface area (Å²) in [6.45, 7) is 10.7. The fourth-order valence-electron chi connectivity index (χ4n) is 2.00. The van der Waals surface area contributed by atoms with Gasteiger partial charge < -0.3 is 10.2 Å². The molecule has 130 valence electrons. The van der Waals surface area contributed by atoms with Gasteiger partial charge >= 0.3 is 18.1 Å². The summed E-state index contributed by atoms with van der Waals surface area (Å²) in [6, 6.07) is -0.247. The second-order valence-electron chi connectivity index (χ2n) is 6.41. The normalized spacial score (nSPS) is 19.7. The highest BCUT2D eigenvalue weighted by Gasteiger charge is 2.38. The van der Waals surface area contributed by atoms with Gasteiger partial charge in [0.1, 0.15) is 6.04 Å². The average Bonchev–Trinajstić information content (AvgIpc) is 2.75. The van der Waals surface area contributed by atoms with Gasteiger partial charge in [-0.2, -0.15) is 13.2 Å². The number of rotatable bonds is 4. The fraction of sp³-hybridized carbons (Fsp3) is 0.857. The van der Waals surface area contributed by atoms with Crippen LogP contribution in [0.5, 0.6) is 0 Å². The summed E-state index contributed by atoms with van der Waals surface area (Å²) in [5.41, 5.74) is 0.192. The van der Waals surface area contributed by atoms with Gasteiger partial charge in [0.2, 0.25) is 0 Å². The molecule has 0 aromatic carbocycles. The van der Waals surface area contributed by atoms with Gasteiger partial charge in [-0.25, -0.2) is 4.79 Å². The van der Waals surface area contributed by atoms with Crippen LogP contribution in [0.3, 0.4) is 0 Å². The molecule has 1 aliphatic rings. The zero-order valence-corrected chi connectivity index (χ0v) is 13.3. The fourth-order valence-corrected chi connectivity index (χ4v) is 2.00. The number of halogens is 3. The number of hydrogen-bond donors (Lipinski definition) is 2. The van der Waals surface area contributed by atoms with Crippen LogP contribution in [0, 0.1) is 11.3 Å². The quantitative estimate of drug-likeness (QED) is 0.830. The molecule has 1 aliphatic heterocycles. The SMILES string of the molecule is CC(C)C(C)(C)CN1CCCC1C(=O)O.O=C(O)C(F)(F)F. The van der Waals surface area contributed by atoms with E-state index in [0.29, 0.717) is 5.92 Å². The number of carboxylic acids is 2. The van der Waals surface area contributed by atoms with Gasteiger partial charge in [-0.1, -0.05) is 27.7 Å². The molecule has 1 unspecified atom stereocenters. The molecular formula is C14H24F3NO4. The van der Waals surface area contributed by atoms with Crippen molar-refractivity contribution < 1.29 is 33.0 Å². The molecule has 0 amide bonds. The molecular weight excluding hydrogens is 303 g/mol. The number of likely N-dealkylation sites (tertiary alicyclic amines) is 1. The maximum absolute atomic E-state index is 11.0. The van der Waals surface area contributed by atoms with E-state index < -0.39 is 18.1 Å². The van der Waals surface area contributed by atoms with Crippen molar-refractivity contribution >= 4 is 11.9 Å². The molecule has 1 rings (SSSR count). The molecule has 2 N–H and O–H groups in total. The van der Waals surface area contributed by atoms with E-state index in [4.69, 9.17) is 15.0 Å². The monoisotopic (exact) mass is 327 g/mol. The van der Waals surface area contributed by atoms with E-state index in [9.17, 15) is 18.0 Å². The third kappa shape index (κ3) is 6.64. The van der Waals surface area contributed by atoms with Crippen molar-refractivity contribution in [3.63, 3.8) is 0 Å². The average molecular weight is 327 g/mol. The van der Waals surface area contributed by atoms with Gasteiger partial charge in [0.25, 0.3) is 0 Å². The van der Waals surface area contributed by atoms with E-state index in [-0.39, 0.29) is 11.5 Å². The van der Waals surface area contributed by atoms with Gasteiger partial charge in [0, 0.05) is 6.54 Å². The second-order valence-corrected chi connectivity index (χ2v) is 6.41. The largest absolute Gasteiger partial charge is 0.490 e. The molecule has 0 saturated carbocycles. The van der Waals surface area contributed by atoms with Gasteiger partial charge in [-0.15, -0.1) is 0 Å². The molecule has 1 atom stereocenters. The topological polar surface area (TPSA) is 77.8 Å². The first-order valence-corrected chi connectivity index (χ1v) is 7.06. The Kier molecular flexibility index (Phi) is 7.34. The molecule has 0 spiro atoms. The smallest absolute Gasteiger partial charge is 0.480 e. The Morgan fingerprint density at radius 2 is 1.68 bits per heavy atom. The Morgan fingerprint density at radius 3 is 2.00 bits per heavy atom. The van der Waals surface area contributed by atoms with Crippen molar-refractivity contribution in [2.45, 2.75) is 52.8 Å². The summed E-state index contributed by atoms with van der Waals surface area (Å²) in [6.07, 6.45) is -3.26. The van der Waals surface area contributed by atoms with Crippen LogP contribution in [-0.2, 0) is 9.59 Å². The van der Waals surface area contributed by atoms with E-state index in [2.05, 4.69) is 32.6 Å². The number of alkyl halides is 3. The van der Waals surface area contributed by atoms with Gasteiger partial charge in [-0.3, -0.25) is 9.69 Å². The molecule has 22 heavy (non-hydrogen) atoms. The van der Waals surface area contributed by atoms with Crippen molar-refractivity contribution in [2.75, 3.05) is 13.1 Å². The lowest BCUT2D eigenvalue weighted by Crippen LogP contribution is -2.43. The van der Waals surface area contributed by atoms with Crippen LogP contribution in [0.2, 0.25) is 0 Å². The first-order chi connectivity index (χ1) is 9.79. The minimum Gasteiger partial charge on any atom is -0.480 e. The maximum atomic E-state index is 11.0. The molecule has 5 nitrogen and oxygen atoms in total. The number of carbonyl (C=O) groups is 2. The first-order valence-electron chi connectivity index (χ1n) is 7.06. The van der Waals surface area contributed by atoms with Crippen molar-refractivity contribution in [1.82, 2.24) is 4.90 Å². The number of aliphatic carboxylic acids is 2. The lowest BCUT2D eigenvalue weighted by Gasteiger charge is -2.35. The van der Waals surface area contributed by atoms with Crippen molar-refractivity contribution in [3.05, 3.63) is 0 Å². The van der Waals surface area contributed by atoms with Crippen LogP contribution in [0.15, 0.2) is 0 Å². The predicted molar refractivity (Wildman–Crippen MR) is 74.5 cm³/mol. The highest BCUT2D eigenvalue weighted by Crippen LogP contribution is 2.30. The first kappa shape index (κ1) is 20.7. The zero-order chi connectivity index (χ0) is 17.7. The summed E-state index contributed by atoms with van der Waals surface area (Å²) >= 11 is 0. The molecule has 0 aromatic rings. The van der Waals surface area contributed by atoms with Crippen molar-refractivity contribution in [3.8, 4) is 0 Å². The van der Waals surface area contributed by atoms with Crippen LogP contribution in [0.4, 0.5) is 13.2 Å². The summed E-state index contributed by atoms with van der Waals surface area (Å²) < 4.78 is 31.7. The Balaban J connectivity index is 0.000000534. The third-order valence-corrected chi connectivity index (χ3v) is 4.06. The Morgan fingerprint density at radius 1 is 1.23 bits per heavy atom. The third-order valence-electron chi connectivity index (χ3n) is 4.06. The second kappa shape index (κ2) is 7.80. The van der Waals surface area contributed by atoms with Crippen LogP contribution in [0.25, 0.3) is 0 Å². The maximum Gasteiger partial charge on any atom is 0.490 e. The lowest BCUT2D eigenvalue weighted by atomic mass is 9.80. The van der Waals surface area contributed by atoms with E-state index in [1.807, 2.05) is 0 Å². The summed E-state index contributed by atoms with van der Waals surface area (Å²) in [4.78, 5) is 22.0. The Hall–Kier alpha value is -1.31. The predicted octanol–water partition coefficient (Wildman–Crippen LogP) is 2.85. The number of nitrogens with zero attached hydrogens (tertiary/aromatic N) is 1. The molecule has 8 heteroatoms. The number of carboxylic acid groups (broad SMARTS) is 2. The van der Waals surface area contributed by atoms with E-state index in [0.717, 1.165) is 25.9 Å². The zero-order valence-electron chi connectivity index (χ0n) is 13.3. The van der Waals surface area contributed by atoms with Crippen LogP contribution >= 0.6 is 0 Å². The highest BCUT2D eigenvalue weighted by atomic mass is 19.4. The summed E-state index contributed by atoms with van der Waals surface area (Å²) in [5, 5.41) is 16.2. The molecule has 1 heterocycles. The van der Waals surface area contributed by atoms with Gasteiger partial charge in [-0.05, 0) is 30.7 Å². The van der Waals surface area contributed by atoms with Crippen LogP contribution < -0.4 is 0 Å². The Bertz CT molecular complexity index is 394. The molecule has 1 saturated heterocycles. The minimum atomic E-state index is -5.08. The summed E-state index contributed by atoms with van der Waals surface area (Å²) in [7, 11) is 0. The van der Waals surface area contributed by atoms with Gasteiger partial charge in [0.05, 0.1) is 0 Å². The number of hydrogen-bond acceptors (Lipinski definition) is 3. The van der Waals surface area contributed by atoms with Crippen LogP contribution in [0.1, 0.15) is 40.5 Å². The molecule has 0 aliphatic carbocycles. The molecule has 0 radical (unpaired) electrons. The summed E-state index contributed by atoms with van der Waals surface area (Å²) in [5.74, 6) is -2.84. The minimum absolute atomic E-state index is 0.192. The van der Waals surface area contributed by atoms with E-state index >= 15 is 0 Å². The molecule has 0 bridgehead atoms. The van der Waals surface area contributed by atoms with E-state index in [1.165, 1.54) is 0 Å². The lowest BCUT2D eigenvalue weighted by molar-refractivity contribution is -0.192. The van der Waals surface area contributed by atoms with Crippen molar-refractivity contribution in [2.24, 2.45) is 11.3 Å². The highest BCUT2D eigenvalue weighted by molar-refractivity contribution is 5.73. The van der Waals surface area contributed by atoms with Crippen LogP contribution in [-0.4, -0.2) is 52.4 Å².